The number of aromatic amines is 1. The SMILES string of the molecule is Cc1cc(-c2[nH]c3ccc(C4CCN(CC(=O)N5CCCC(F)C5)CC4)cc3c2C(C)C)cc(C)n1. The Labute approximate surface area is 214 Å². The van der Waals surface area contributed by atoms with Crippen LogP contribution in [0.15, 0.2) is 30.3 Å². The maximum atomic E-state index is 13.7. The molecule has 6 heteroatoms. The lowest BCUT2D eigenvalue weighted by atomic mass is 9.87. The van der Waals surface area contributed by atoms with Crippen LogP contribution in [0.2, 0.25) is 0 Å². The Kier molecular flexibility index (Phi) is 7.16. The predicted octanol–water partition coefficient (Wildman–Crippen LogP) is 6.11. The van der Waals surface area contributed by atoms with Gasteiger partial charge in [0.1, 0.15) is 6.17 Å². The first-order valence-electron chi connectivity index (χ1n) is 13.5. The average molecular weight is 491 g/mol. The van der Waals surface area contributed by atoms with E-state index in [1.807, 2.05) is 0 Å². The molecule has 192 valence electrons. The fourth-order valence-electron chi connectivity index (χ4n) is 6.16. The van der Waals surface area contributed by atoms with Gasteiger partial charge < -0.3 is 9.88 Å². The van der Waals surface area contributed by atoms with Crippen LogP contribution in [0.3, 0.4) is 0 Å². The largest absolute Gasteiger partial charge is 0.354 e. The highest BCUT2D eigenvalue weighted by atomic mass is 19.1. The van der Waals surface area contributed by atoms with Gasteiger partial charge in [0, 0.05) is 34.4 Å². The normalized spacial score (nSPS) is 19.9. The van der Waals surface area contributed by atoms with E-state index in [0.29, 0.717) is 31.3 Å². The number of H-pyrrole nitrogens is 1. The Morgan fingerprint density at radius 2 is 1.81 bits per heavy atom. The molecule has 0 aliphatic carbocycles. The van der Waals surface area contributed by atoms with Crippen molar-refractivity contribution in [2.24, 2.45) is 0 Å². The van der Waals surface area contributed by atoms with Gasteiger partial charge in [0.25, 0.3) is 0 Å². The van der Waals surface area contributed by atoms with Crippen LogP contribution in [-0.4, -0.2) is 64.6 Å². The number of fused-ring (bicyclic) bond motifs is 1. The number of pyridine rings is 1. The first-order valence-corrected chi connectivity index (χ1v) is 13.5. The van der Waals surface area contributed by atoms with Crippen LogP contribution in [0.4, 0.5) is 4.39 Å². The highest BCUT2D eigenvalue weighted by molar-refractivity contribution is 5.92. The fraction of sp³-hybridized carbons (Fsp3) is 0.533. The second-order valence-electron chi connectivity index (χ2n) is 11.1. The fourth-order valence-corrected chi connectivity index (χ4v) is 6.16. The van der Waals surface area contributed by atoms with E-state index in [9.17, 15) is 9.18 Å². The lowest BCUT2D eigenvalue weighted by Gasteiger charge is -2.35. The number of carbonyl (C=O) groups excluding carboxylic acids is 1. The quantitative estimate of drug-likeness (QED) is 0.469. The molecule has 2 aromatic heterocycles. The van der Waals surface area contributed by atoms with E-state index in [2.05, 4.69) is 72.9 Å². The Balaban J connectivity index is 1.32. The summed E-state index contributed by atoms with van der Waals surface area (Å²) in [5, 5.41) is 1.31. The Bertz CT molecular complexity index is 1220. The van der Waals surface area contributed by atoms with Crippen molar-refractivity contribution in [2.75, 3.05) is 32.7 Å². The molecule has 36 heavy (non-hydrogen) atoms. The lowest BCUT2D eigenvalue weighted by Crippen LogP contribution is -2.47. The highest BCUT2D eigenvalue weighted by Gasteiger charge is 2.27. The lowest BCUT2D eigenvalue weighted by molar-refractivity contribution is -0.134. The van der Waals surface area contributed by atoms with Crippen molar-refractivity contribution in [2.45, 2.75) is 71.4 Å². The van der Waals surface area contributed by atoms with Crippen molar-refractivity contribution in [3.05, 3.63) is 52.8 Å². The minimum absolute atomic E-state index is 0.0835. The van der Waals surface area contributed by atoms with Gasteiger partial charge in [0.05, 0.1) is 18.8 Å². The van der Waals surface area contributed by atoms with Crippen LogP contribution >= 0.6 is 0 Å². The summed E-state index contributed by atoms with van der Waals surface area (Å²) in [5.41, 5.74) is 8.41. The topological polar surface area (TPSA) is 52.2 Å². The summed E-state index contributed by atoms with van der Waals surface area (Å²) in [7, 11) is 0. The maximum Gasteiger partial charge on any atom is 0.236 e. The molecule has 2 aliphatic rings. The number of carbonyl (C=O) groups is 1. The molecule has 2 saturated heterocycles. The highest BCUT2D eigenvalue weighted by Crippen LogP contribution is 2.38. The van der Waals surface area contributed by atoms with Crippen LogP contribution in [0.1, 0.15) is 73.9 Å². The Morgan fingerprint density at radius 1 is 1.08 bits per heavy atom. The monoisotopic (exact) mass is 490 g/mol. The standard InChI is InChI=1S/C30H39FN4O/c1-19(2)29-26-16-23(7-8-27(26)33-30(29)24-14-20(3)32-21(4)15-24)22-9-12-34(13-10-22)18-28(36)35-11-5-6-25(31)17-35/h7-8,14-16,19,22,25,33H,5-6,9-13,17-18H2,1-4H3. The van der Waals surface area contributed by atoms with E-state index in [-0.39, 0.29) is 12.5 Å². The van der Waals surface area contributed by atoms with E-state index < -0.39 is 6.17 Å². The van der Waals surface area contributed by atoms with Crippen molar-refractivity contribution in [1.29, 1.82) is 0 Å². The van der Waals surface area contributed by atoms with E-state index in [4.69, 9.17) is 0 Å². The maximum absolute atomic E-state index is 13.7. The van der Waals surface area contributed by atoms with E-state index in [1.165, 1.54) is 33.3 Å². The van der Waals surface area contributed by atoms with E-state index in [1.54, 1.807) is 4.90 Å². The molecule has 0 bridgehead atoms. The summed E-state index contributed by atoms with van der Waals surface area (Å²) in [4.78, 5) is 24.9. The zero-order valence-corrected chi connectivity index (χ0v) is 22.1. The van der Waals surface area contributed by atoms with Gasteiger partial charge >= 0.3 is 0 Å². The third kappa shape index (κ3) is 5.19. The van der Waals surface area contributed by atoms with Crippen LogP contribution in [-0.2, 0) is 4.79 Å². The third-order valence-corrected chi connectivity index (χ3v) is 7.94. The number of aromatic nitrogens is 2. The molecule has 1 unspecified atom stereocenters. The smallest absolute Gasteiger partial charge is 0.236 e. The summed E-state index contributed by atoms with van der Waals surface area (Å²) in [6.07, 6.45) is 2.59. The number of halogens is 1. The second kappa shape index (κ2) is 10.3. The molecule has 0 radical (unpaired) electrons. The van der Waals surface area contributed by atoms with Crippen molar-refractivity contribution >= 4 is 16.8 Å². The molecule has 3 aromatic rings. The second-order valence-corrected chi connectivity index (χ2v) is 11.1. The number of hydrogen-bond acceptors (Lipinski definition) is 3. The van der Waals surface area contributed by atoms with Gasteiger partial charge in [-0.25, -0.2) is 4.39 Å². The number of likely N-dealkylation sites (tertiary alicyclic amines) is 2. The molecule has 0 spiro atoms. The number of alkyl halides is 1. The van der Waals surface area contributed by atoms with E-state index >= 15 is 0 Å². The van der Waals surface area contributed by atoms with Gasteiger partial charge in [-0.3, -0.25) is 14.7 Å². The average Bonchev–Trinajstić information content (AvgIpc) is 3.23. The molecule has 4 heterocycles. The van der Waals surface area contributed by atoms with Crippen LogP contribution in [0.25, 0.3) is 22.2 Å². The zero-order chi connectivity index (χ0) is 25.4. The molecule has 1 aromatic carbocycles. The number of nitrogens with zero attached hydrogens (tertiary/aromatic N) is 3. The molecule has 0 saturated carbocycles. The van der Waals surface area contributed by atoms with Crippen LogP contribution in [0, 0.1) is 13.8 Å². The van der Waals surface area contributed by atoms with Crippen LogP contribution < -0.4 is 0 Å². The number of aryl methyl sites for hydroxylation is 2. The zero-order valence-electron chi connectivity index (χ0n) is 22.1. The molecule has 1 N–H and O–H groups in total. The third-order valence-electron chi connectivity index (χ3n) is 7.94. The summed E-state index contributed by atoms with van der Waals surface area (Å²) >= 11 is 0. The summed E-state index contributed by atoms with van der Waals surface area (Å²) in [6, 6.07) is 11.2. The summed E-state index contributed by atoms with van der Waals surface area (Å²) < 4.78 is 13.7. The molecule has 1 atom stereocenters. The first-order chi connectivity index (χ1) is 17.3. The van der Waals surface area contributed by atoms with Crippen molar-refractivity contribution < 1.29 is 9.18 Å². The minimum atomic E-state index is -0.861. The number of amides is 1. The molecule has 2 aliphatic heterocycles. The van der Waals surface area contributed by atoms with Crippen molar-refractivity contribution in [3.8, 4) is 11.3 Å². The van der Waals surface area contributed by atoms with Gasteiger partial charge in [-0.05, 0) is 99.8 Å². The minimum Gasteiger partial charge on any atom is -0.354 e. The molecule has 5 rings (SSSR count). The molecule has 1 amide bonds. The number of nitrogens with one attached hydrogen (secondary N) is 1. The molecular weight excluding hydrogens is 451 g/mol. The summed E-state index contributed by atoms with van der Waals surface area (Å²) in [5.74, 6) is 0.972. The molecular formula is C30H39FN4O. The van der Waals surface area contributed by atoms with Gasteiger partial charge in [0.15, 0.2) is 0 Å². The van der Waals surface area contributed by atoms with Gasteiger partial charge in [-0.2, -0.15) is 0 Å². The van der Waals surface area contributed by atoms with Crippen LogP contribution in [0.5, 0.6) is 0 Å². The number of piperidine rings is 2. The number of rotatable bonds is 5. The predicted molar refractivity (Wildman–Crippen MR) is 144 cm³/mol. The molecule has 5 nitrogen and oxygen atoms in total. The number of benzene rings is 1. The summed E-state index contributed by atoms with van der Waals surface area (Å²) in [6.45, 7) is 11.8. The number of hydrogen-bond donors (Lipinski definition) is 1. The van der Waals surface area contributed by atoms with Gasteiger partial charge in [0.2, 0.25) is 5.91 Å². The van der Waals surface area contributed by atoms with Gasteiger partial charge in [-0.1, -0.05) is 19.9 Å². The first kappa shape index (κ1) is 24.9. The van der Waals surface area contributed by atoms with Gasteiger partial charge in [-0.15, -0.1) is 0 Å². The van der Waals surface area contributed by atoms with E-state index in [0.717, 1.165) is 43.7 Å². The molecule has 2 fully saturated rings. The Morgan fingerprint density at radius 3 is 2.47 bits per heavy atom. The van der Waals surface area contributed by atoms with Crippen molar-refractivity contribution in [3.63, 3.8) is 0 Å². The Hall–Kier alpha value is -2.73. The van der Waals surface area contributed by atoms with Crippen molar-refractivity contribution in [1.82, 2.24) is 19.8 Å².